The van der Waals surface area contributed by atoms with E-state index in [9.17, 15) is 13.2 Å². The zero-order valence-electron chi connectivity index (χ0n) is 13.7. The number of hydrogen-bond donors (Lipinski definition) is 2. The molecule has 0 saturated carbocycles. The average Bonchev–Trinajstić information content (AvgIpc) is 2.57. The van der Waals surface area contributed by atoms with E-state index >= 15 is 0 Å². The van der Waals surface area contributed by atoms with Crippen LogP contribution in [0.3, 0.4) is 0 Å². The van der Waals surface area contributed by atoms with Crippen LogP contribution in [-0.2, 0) is 14.8 Å². The standard InChI is InChI=1S/C16H23N3O4S/c1-3-8-17-15-7-5-4-6-14(15)16(20)18-11-13-12-19(9-10-23-13)24(2,21)22/h3-7,13,17H,1,8-12H2,2H3,(H,18,20). The molecule has 1 unspecified atom stereocenters. The molecule has 1 aromatic carbocycles. The molecule has 0 radical (unpaired) electrons. The van der Waals surface area contributed by atoms with Gasteiger partial charge in [-0.1, -0.05) is 18.2 Å². The van der Waals surface area contributed by atoms with E-state index in [1.165, 1.54) is 10.6 Å². The number of carbonyl (C=O) groups excluding carboxylic acids is 1. The Kier molecular flexibility index (Phi) is 6.36. The van der Waals surface area contributed by atoms with E-state index < -0.39 is 10.0 Å². The van der Waals surface area contributed by atoms with E-state index in [1.54, 1.807) is 18.2 Å². The Labute approximate surface area is 142 Å². The van der Waals surface area contributed by atoms with Crippen molar-refractivity contribution in [1.29, 1.82) is 0 Å². The second kappa shape index (κ2) is 8.27. The molecular formula is C16H23N3O4S. The lowest BCUT2D eigenvalue weighted by molar-refractivity contribution is 0.000442. The second-order valence-electron chi connectivity index (χ2n) is 5.54. The fraction of sp³-hybridized carbons (Fsp3) is 0.438. The number of para-hydroxylation sites is 1. The van der Waals surface area contributed by atoms with E-state index in [1.807, 2.05) is 12.1 Å². The molecule has 1 atom stereocenters. The van der Waals surface area contributed by atoms with Crippen molar-refractivity contribution in [3.05, 3.63) is 42.5 Å². The number of nitrogens with zero attached hydrogens (tertiary/aromatic N) is 1. The van der Waals surface area contributed by atoms with Crippen LogP contribution < -0.4 is 10.6 Å². The molecule has 1 saturated heterocycles. The Morgan fingerprint density at radius 3 is 2.92 bits per heavy atom. The van der Waals surface area contributed by atoms with Gasteiger partial charge >= 0.3 is 0 Å². The summed E-state index contributed by atoms with van der Waals surface area (Å²) >= 11 is 0. The van der Waals surface area contributed by atoms with Gasteiger partial charge in [0.2, 0.25) is 10.0 Å². The predicted octanol–water partition coefficient (Wildman–Crippen LogP) is 0.675. The van der Waals surface area contributed by atoms with Crippen molar-refractivity contribution in [2.45, 2.75) is 6.10 Å². The zero-order chi connectivity index (χ0) is 17.6. The number of sulfonamides is 1. The lowest BCUT2D eigenvalue weighted by Crippen LogP contribution is -2.49. The number of morpholine rings is 1. The van der Waals surface area contributed by atoms with Crippen molar-refractivity contribution in [3.8, 4) is 0 Å². The average molecular weight is 353 g/mol. The summed E-state index contributed by atoms with van der Waals surface area (Å²) in [5.41, 5.74) is 1.24. The Morgan fingerprint density at radius 2 is 2.21 bits per heavy atom. The number of hydrogen-bond acceptors (Lipinski definition) is 5. The number of nitrogens with one attached hydrogen (secondary N) is 2. The maximum absolute atomic E-state index is 12.4. The van der Waals surface area contributed by atoms with Gasteiger partial charge in [0, 0.05) is 31.9 Å². The number of amides is 1. The van der Waals surface area contributed by atoms with Crippen molar-refractivity contribution in [3.63, 3.8) is 0 Å². The van der Waals surface area contributed by atoms with Crippen molar-refractivity contribution in [1.82, 2.24) is 9.62 Å². The molecule has 24 heavy (non-hydrogen) atoms. The molecule has 0 bridgehead atoms. The van der Waals surface area contributed by atoms with Gasteiger partial charge in [0.15, 0.2) is 0 Å². The van der Waals surface area contributed by atoms with Crippen LogP contribution in [0.2, 0.25) is 0 Å². The Balaban J connectivity index is 1.95. The molecule has 1 fully saturated rings. The molecule has 132 valence electrons. The summed E-state index contributed by atoms with van der Waals surface area (Å²) in [5, 5.41) is 5.92. The third-order valence-electron chi connectivity index (χ3n) is 3.67. The van der Waals surface area contributed by atoms with Gasteiger partial charge in [0.25, 0.3) is 5.91 Å². The maximum atomic E-state index is 12.4. The second-order valence-corrected chi connectivity index (χ2v) is 7.52. The number of rotatable bonds is 7. The van der Waals surface area contributed by atoms with Crippen LogP contribution in [0.25, 0.3) is 0 Å². The van der Waals surface area contributed by atoms with Crippen molar-refractivity contribution in [2.24, 2.45) is 0 Å². The van der Waals surface area contributed by atoms with Gasteiger partial charge in [0.1, 0.15) is 0 Å². The molecule has 0 aliphatic carbocycles. The Morgan fingerprint density at radius 1 is 1.46 bits per heavy atom. The molecule has 0 spiro atoms. The molecule has 1 amide bonds. The molecule has 8 heteroatoms. The van der Waals surface area contributed by atoms with Crippen LogP contribution in [0, 0.1) is 0 Å². The fourth-order valence-electron chi connectivity index (χ4n) is 2.44. The largest absolute Gasteiger partial charge is 0.381 e. The molecule has 7 nitrogen and oxygen atoms in total. The van der Waals surface area contributed by atoms with Gasteiger partial charge in [-0.25, -0.2) is 8.42 Å². The van der Waals surface area contributed by atoms with E-state index in [0.29, 0.717) is 25.3 Å². The summed E-state index contributed by atoms with van der Waals surface area (Å²) < 4.78 is 30.1. The SMILES string of the molecule is C=CCNc1ccccc1C(=O)NCC1CN(S(C)(=O)=O)CCO1. The lowest BCUT2D eigenvalue weighted by atomic mass is 10.1. The fourth-order valence-corrected chi connectivity index (χ4v) is 3.28. The number of ether oxygens (including phenoxy) is 1. The monoisotopic (exact) mass is 353 g/mol. The first-order valence-corrected chi connectivity index (χ1v) is 9.55. The number of anilines is 1. The van der Waals surface area contributed by atoms with Crippen LogP contribution in [0.15, 0.2) is 36.9 Å². The first-order valence-electron chi connectivity index (χ1n) is 7.70. The maximum Gasteiger partial charge on any atom is 0.253 e. The van der Waals surface area contributed by atoms with E-state index in [0.717, 1.165) is 5.69 Å². The molecule has 1 heterocycles. The molecular weight excluding hydrogens is 330 g/mol. The number of carbonyl (C=O) groups is 1. The highest BCUT2D eigenvalue weighted by atomic mass is 32.2. The molecule has 1 aromatic rings. The smallest absolute Gasteiger partial charge is 0.253 e. The normalized spacial score (nSPS) is 18.8. The quantitative estimate of drug-likeness (QED) is 0.704. The van der Waals surface area contributed by atoms with Crippen molar-refractivity contribution < 1.29 is 17.9 Å². The summed E-state index contributed by atoms with van der Waals surface area (Å²) in [4.78, 5) is 12.4. The van der Waals surface area contributed by atoms with Crippen molar-refractivity contribution >= 4 is 21.6 Å². The molecule has 1 aliphatic rings. The minimum absolute atomic E-state index is 0.234. The lowest BCUT2D eigenvalue weighted by Gasteiger charge is -2.31. The molecule has 1 aliphatic heterocycles. The third-order valence-corrected chi connectivity index (χ3v) is 4.94. The minimum Gasteiger partial charge on any atom is -0.381 e. The van der Waals surface area contributed by atoms with Gasteiger partial charge in [-0.2, -0.15) is 4.31 Å². The van der Waals surface area contributed by atoms with E-state index in [-0.39, 0.29) is 25.1 Å². The van der Waals surface area contributed by atoms with Crippen LogP contribution in [0.4, 0.5) is 5.69 Å². The Hall–Kier alpha value is -1.90. The highest BCUT2D eigenvalue weighted by Gasteiger charge is 2.26. The summed E-state index contributed by atoms with van der Waals surface area (Å²) in [6.07, 6.45) is 2.53. The molecule has 2 N–H and O–H groups in total. The van der Waals surface area contributed by atoms with Gasteiger partial charge in [-0.05, 0) is 12.1 Å². The third kappa shape index (κ3) is 5.05. The summed E-state index contributed by atoms with van der Waals surface area (Å²) in [6.45, 7) is 5.36. The minimum atomic E-state index is -3.25. The van der Waals surface area contributed by atoms with Crippen LogP contribution in [-0.4, -0.2) is 63.8 Å². The van der Waals surface area contributed by atoms with Crippen molar-refractivity contribution in [2.75, 3.05) is 44.4 Å². The predicted molar refractivity (Wildman–Crippen MR) is 93.6 cm³/mol. The van der Waals surface area contributed by atoms with Gasteiger partial charge < -0.3 is 15.4 Å². The summed E-state index contributed by atoms with van der Waals surface area (Å²) in [6, 6.07) is 7.18. The molecule has 2 rings (SSSR count). The van der Waals surface area contributed by atoms with Crippen LogP contribution >= 0.6 is 0 Å². The molecule has 0 aromatic heterocycles. The zero-order valence-corrected chi connectivity index (χ0v) is 14.5. The highest BCUT2D eigenvalue weighted by Crippen LogP contribution is 2.15. The van der Waals surface area contributed by atoms with Crippen LogP contribution in [0.1, 0.15) is 10.4 Å². The van der Waals surface area contributed by atoms with Gasteiger partial charge in [-0.15, -0.1) is 6.58 Å². The highest BCUT2D eigenvalue weighted by molar-refractivity contribution is 7.88. The number of benzene rings is 1. The van der Waals surface area contributed by atoms with Gasteiger partial charge in [0.05, 0.1) is 24.5 Å². The summed E-state index contributed by atoms with van der Waals surface area (Å²) in [5.74, 6) is -0.234. The van der Waals surface area contributed by atoms with E-state index in [2.05, 4.69) is 17.2 Å². The first-order chi connectivity index (χ1) is 11.4. The topological polar surface area (TPSA) is 87.7 Å². The van der Waals surface area contributed by atoms with Crippen LogP contribution in [0.5, 0.6) is 0 Å². The Bertz CT molecular complexity index is 690. The van der Waals surface area contributed by atoms with Gasteiger partial charge in [-0.3, -0.25) is 4.79 Å². The first kappa shape index (κ1) is 18.4. The summed E-state index contributed by atoms with van der Waals surface area (Å²) in [7, 11) is -3.25. The van der Waals surface area contributed by atoms with E-state index in [4.69, 9.17) is 4.74 Å².